The Labute approximate surface area is 98.6 Å². The van der Waals surface area contributed by atoms with Gasteiger partial charge in [-0.05, 0) is 26.2 Å². The predicted molar refractivity (Wildman–Crippen MR) is 65.3 cm³/mol. The van der Waals surface area contributed by atoms with Crippen molar-refractivity contribution in [2.45, 2.75) is 70.5 Å². The fraction of sp³-hybridized carbons (Fsp3) is 0.923. The zero-order chi connectivity index (χ0) is 11.5. The molecule has 2 atom stereocenters. The van der Waals surface area contributed by atoms with E-state index in [1.54, 1.807) is 0 Å². The van der Waals surface area contributed by atoms with Crippen LogP contribution in [0, 0.1) is 0 Å². The molecule has 0 radical (unpaired) electrons. The van der Waals surface area contributed by atoms with E-state index in [9.17, 15) is 4.79 Å². The number of hydrogen-bond donors (Lipinski definition) is 1. The van der Waals surface area contributed by atoms with Crippen LogP contribution in [0.1, 0.15) is 52.4 Å². The third-order valence-electron chi connectivity index (χ3n) is 3.66. The molecule has 2 aliphatic rings. The van der Waals surface area contributed by atoms with Crippen molar-refractivity contribution >= 4 is 5.91 Å². The third kappa shape index (κ3) is 2.97. The maximum Gasteiger partial charge on any atom is 0.224 e. The van der Waals surface area contributed by atoms with E-state index in [-0.39, 0.29) is 0 Å². The summed E-state index contributed by atoms with van der Waals surface area (Å²) < 4.78 is 0. The van der Waals surface area contributed by atoms with Crippen molar-refractivity contribution in [3.63, 3.8) is 0 Å². The predicted octanol–water partition coefficient (Wildman–Crippen LogP) is 1.92. The molecule has 92 valence electrons. The molecule has 0 aromatic carbocycles. The summed E-state index contributed by atoms with van der Waals surface area (Å²) in [4.78, 5) is 13.8. The first-order chi connectivity index (χ1) is 7.70. The Morgan fingerprint density at radius 2 is 2.25 bits per heavy atom. The minimum Gasteiger partial charge on any atom is -0.338 e. The van der Waals surface area contributed by atoms with Gasteiger partial charge in [0.15, 0.2) is 0 Å². The summed E-state index contributed by atoms with van der Waals surface area (Å²) >= 11 is 0. The van der Waals surface area contributed by atoms with Gasteiger partial charge >= 0.3 is 0 Å². The van der Waals surface area contributed by atoms with Crippen LogP contribution in [0.25, 0.3) is 0 Å². The fourth-order valence-corrected chi connectivity index (χ4v) is 2.58. The summed E-state index contributed by atoms with van der Waals surface area (Å²) in [5.41, 5.74) is 0. The van der Waals surface area contributed by atoms with Crippen molar-refractivity contribution in [3.05, 3.63) is 0 Å². The van der Waals surface area contributed by atoms with Gasteiger partial charge in [0.05, 0.1) is 0 Å². The van der Waals surface area contributed by atoms with Gasteiger partial charge in [-0.2, -0.15) is 0 Å². The number of carbonyl (C=O) groups is 1. The first-order valence-corrected chi connectivity index (χ1v) is 6.76. The van der Waals surface area contributed by atoms with Crippen molar-refractivity contribution in [1.82, 2.24) is 10.2 Å². The Hall–Kier alpha value is -0.570. The second-order valence-electron chi connectivity index (χ2n) is 5.39. The van der Waals surface area contributed by atoms with Gasteiger partial charge in [-0.3, -0.25) is 4.79 Å². The van der Waals surface area contributed by atoms with Crippen molar-refractivity contribution in [3.8, 4) is 0 Å². The number of unbranched alkanes of at least 4 members (excludes halogenated alkanes) is 1. The van der Waals surface area contributed by atoms with Gasteiger partial charge in [0.2, 0.25) is 5.91 Å². The SMILES string of the molecule is CCCCC(C)NC1CC(=O)N(C2CC2)C1. The molecule has 1 aliphatic carbocycles. The zero-order valence-electron chi connectivity index (χ0n) is 10.5. The summed E-state index contributed by atoms with van der Waals surface area (Å²) in [5, 5.41) is 3.59. The highest BCUT2D eigenvalue weighted by Gasteiger charge is 2.39. The van der Waals surface area contributed by atoms with Gasteiger partial charge < -0.3 is 10.2 Å². The summed E-state index contributed by atoms with van der Waals surface area (Å²) in [5.74, 6) is 0.364. The van der Waals surface area contributed by atoms with Crippen molar-refractivity contribution in [2.75, 3.05) is 6.54 Å². The maximum atomic E-state index is 11.7. The largest absolute Gasteiger partial charge is 0.338 e. The van der Waals surface area contributed by atoms with Gasteiger partial charge in [-0.1, -0.05) is 19.8 Å². The van der Waals surface area contributed by atoms with E-state index in [0.717, 1.165) is 6.54 Å². The number of carbonyl (C=O) groups excluding carboxylic acids is 1. The standard InChI is InChI=1S/C13H24N2O/c1-3-4-5-10(2)14-11-8-13(16)15(9-11)12-6-7-12/h10-12,14H,3-9H2,1-2H3. The Bertz CT molecular complexity index is 250. The van der Waals surface area contributed by atoms with Crippen LogP contribution >= 0.6 is 0 Å². The second-order valence-corrected chi connectivity index (χ2v) is 5.39. The zero-order valence-corrected chi connectivity index (χ0v) is 10.5. The van der Waals surface area contributed by atoms with E-state index < -0.39 is 0 Å². The Kier molecular flexibility index (Phi) is 3.85. The quantitative estimate of drug-likeness (QED) is 0.747. The molecule has 2 rings (SSSR count). The van der Waals surface area contributed by atoms with Crippen LogP contribution in [0.4, 0.5) is 0 Å². The molecule has 3 nitrogen and oxygen atoms in total. The van der Waals surface area contributed by atoms with Crippen LogP contribution in [-0.2, 0) is 4.79 Å². The average Bonchev–Trinajstić information content (AvgIpc) is 3.01. The lowest BCUT2D eigenvalue weighted by Crippen LogP contribution is -2.38. The highest BCUT2D eigenvalue weighted by molar-refractivity contribution is 5.80. The number of nitrogens with zero attached hydrogens (tertiary/aromatic N) is 1. The van der Waals surface area contributed by atoms with Gasteiger partial charge in [-0.15, -0.1) is 0 Å². The molecule has 0 bridgehead atoms. The van der Waals surface area contributed by atoms with Crippen LogP contribution in [0.15, 0.2) is 0 Å². The highest BCUT2D eigenvalue weighted by atomic mass is 16.2. The molecular formula is C13H24N2O. The number of nitrogens with one attached hydrogen (secondary N) is 1. The van der Waals surface area contributed by atoms with Crippen LogP contribution in [-0.4, -0.2) is 35.5 Å². The fourth-order valence-electron chi connectivity index (χ4n) is 2.58. The first-order valence-electron chi connectivity index (χ1n) is 6.76. The molecule has 2 unspecified atom stereocenters. The molecule has 16 heavy (non-hydrogen) atoms. The van der Waals surface area contributed by atoms with E-state index in [2.05, 4.69) is 24.1 Å². The summed E-state index contributed by atoms with van der Waals surface area (Å²) in [6.45, 7) is 5.40. The van der Waals surface area contributed by atoms with Crippen LogP contribution in [0.5, 0.6) is 0 Å². The monoisotopic (exact) mass is 224 g/mol. The smallest absolute Gasteiger partial charge is 0.224 e. The topological polar surface area (TPSA) is 32.3 Å². The van der Waals surface area contributed by atoms with E-state index >= 15 is 0 Å². The molecule has 1 amide bonds. The van der Waals surface area contributed by atoms with Gasteiger partial charge in [0.25, 0.3) is 0 Å². The van der Waals surface area contributed by atoms with Crippen molar-refractivity contribution in [2.24, 2.45) is 0 Å². The molecule has 1 N–H and O–H groups in total. The summed E-state index contributed by atoms with van der Waals surface area (Å²) in [6.07, 6.45) is 6.93. The number of rotatable bonds is 6. The molecule has 1 saturated carbocycles. The molecule has 3 heteroatoms. The molecule has 0 aromatic rings. The van der Waals surface area contributed by atoms with E-state index in [1.807, 2.05) is 0 Å². The third-order valence-corrected chi connectivity index (χ3v) is 3.66. The van der Waals surface area contributed by atoms with Crippen LogP contribution < -0.4 is 5.32 Å². The molecule has 1 heterocycles. The highest BCUT2D eigenvalue weighted by Crippen LogP contribution is 2.30. The normalized spacial score (nSPS) is 27.5. The molecule has 0 aromatic heterocycles. The minimum atomic E-state index is 0.364. The Morgan fingerprint density at radius 1 is 1.50 bits per heavy atom. The first kappa shape index (κ1) is 11.9. The van der Waals surface area contributed by atoms with Gasteiger partial charge in [0, 0.05) is 31.1 Å². The summed E-state index contributed by atoms with van der Waals surface area (Å²) in [6, 6.07) is 1.54. The Balaban J connectivity index is 1.72. The Morgan fingerprint density at radius 3 is 2.88 bits per heavy atom. The van der Waals surface area contributed by atoms with E-state index in [4.69, 9.17) is 0 Å². The van der Waals surface area contributed by atoms with Gasteiger partial charge in [0.1, 0.15) is 0 Å². The molecular weight excluding hydrogens is 200 g/mol. The maximum absolute atomic E-state index is 11.7. The summed E-state index contributed by atoms with van der Waals surface area (Å²) in [7, 11) is 0. The number of hydrogen-bond acceptors (Lipinski definition) is 2. The van der Waals surface area contributed by atoms with Gasteiger partial charge in [-0.25, -0.2) is 0 Å². The molecule has 1 aliphatic heterocycles. The van der Waals surface area contributed by atoms with Crippen molar-refractivity contribution in [1.29, 1.82) is 0 Å². The second kappa shape index (κ2) is 5.17. The minimum absolute atomic E-state index is 0.364. The lowest BCUT2D eigenvalue weighted by atomic mass is 10.1. The van der Waals surface area contributed by atoms with Crippen LogP contribution in [0.2, 0.25) is 0 Å². The van der Waals surface area contributed by atoms with Crippen molar-refractivity contribution < 1.29 is 4.79 Å². The van der Waals surface area contributed by atoms with E-state index in [1.165, 1.54) is 32.1 Å². The number of likely N-dealkylation sites (tertiary alicyclic amines) is 1. The molecule has 0 spiro atoms. The molecule has 1 saturated heterocycles. The van der Waals surface area contributed by atoms with Crippen LogP contribution in [0.3, 0.4) is 0 Å². The lowest BCUT2D eigenvalue weighted by Gasteiger charge is -2.20. The average molecular weight is 224 g/mol. The number of amides is 1. The lowest BCUT2D eigenvalue weighted by molar-refractivity contribution is -0.128. The van der Waals surface area contributed by atoms with E-state index in [0.29, 0.717) is 30.5 Å². The molecule has 2 fully saturated rings.